The van der Waals surface area contributed by atoms with Crippen molar-refractivity contribution in [2.45, 2.75) is 37.6 Å². The van der Waals surface area contributed by atoms with E-state index >= 15 is 0 Å². The minimum absolute atomic E-state index is 0.0840. The number of methoxy groups -OCH3 is 1. The van der Waals surface area contributed by atoms with E-state index < -0.39 is 10.8 Å². The number of rotatable bonds is 8. The smallest absolute Gasteiger partial charge is 0.278 e. The Hall–Kier alpha value is -3.66. The number of carbonyl (C=O) groups is 2. The summed E-state index contributed by atoms with van der Waals surface area (Å²) < 4.78 is 5.18. The highest BCUT2D eigenvalue weighted by Gasteiger charge is 2.21. The molecule has 1 aromatic heterocycles. The van der Waals surface area contributed by atoms with Gasteiger partial charge in [0.05, 0.1) is 18.0 Å². The highest BCUT2D eigenvalue weighted by molar-refractivity contribution is 8.00. The molecule has 0 saturated carbocycles. The van der Waals surface area contributed by atoms with Crippen molar-refractivity contribution in [3.8, 4) is 17.0 Å². The summed E-state index contributed by atoms with van der Waals surface area (Å²) in [5, 5.41) is 13.5. The Morgan fingerprint density at radius 2 is 1.94 bits per heavy atom. The van der Waals surface area contributed by atoms with Crippen molar-refractivity contribution < 1.29 is 14.3 Å². The van der Waals surface area contributed by atoms with Crippen LogP contribution in [-0.4, -0.2) is 39.4 Å². The molecule has 0 bridgehead atoms. The quantitative estimate of drug-likeness (QED) is 0.432. The lowest BCUT2D eigenvalue weighted by Gasteiger charge is -2.14. The number of H-pyrrole nitrogens is 1. The highest BCUT2D eigenvalue weighted by atomic mass is 32.2. The molecule has 0 radical (unpaired) electrons. The summed E-state index contributed by atoms with van der Waals surface area (Å²) in [6, 6.07) is 12.4. The average molecular weight is 468 g/mol. The fraction of sp³-hybridized carbons (Fsp3) is 0.261. The van der Waals surface area contributed by atoms with Gasteiger partial charge in [0.2, 0.25) is 11.8 Å². The maximum Gasteiger partial charge on any atom is 0.278 e. The molecule has 3 N–H and O–H groups in total. The van der Waals surface area contributed by atoms with Gasteiger partial charge in [-0.25, -0.2) is 0 Å². The second kappa shape index (κ2) is 10.8. The third-order valence-electron chi connectivity index (χ3n) is 4.67. The molecule has 0 aliphatic rings. The summed E-state index contributed by atoms with van der Waals surface area (Å²) in [6.45, 7) is 5.13. The number of thioether (sulfide) groups is 1. The van der Waals surface area contributed by atoms with Crippen molar-refractivity contribution in [2.24, 2.45) is 0 Å². The zero-order valence-electron chi connectivity index (χ0n) is 18.8. The van der Waals surface area contributed by atoms with E-state index in [1.165, 1.54) is 6.92 Å². The number of ether oxygens (including phenoxy) is 1. The Kier molecular flexibility index (Phi) is 7.83. The molecule has 0 aliphatic carbocycles. The van der Waals surface area contributed by atoms with Crippen LogP contribution in [0.5, 0.6) is 5.75 Å². The summed E-state index contributed by atoms with van der Waals surface area (Å²) in [7, 11) is 1.56. The summed E-state index contributed by atoms with van der Waals surface area (Å²) in [4.78, 5) is 39.8. The highest BCUT2D eigenvalue weighted by Crippen LogP contribution is 2.27. The van der Waals surface area contributed by atoms with Crippen LogP contribution < -0.4 is 20.9 Å². The molecule has 0 saturated heterocycles. The van der Waals surface area contributed by atoms with Crippen molar-refractivity contribution in [1.82, 2.24) is 15.2 Å². The minimum Gasteiger partial charge on any atom is -0.497 e. The number of aryl methyl sites for hydroxylation is 1. The number of hydrogen-bond acceptors (Lipinski definition) is 7. The maximum atomic E-state index is 12.8. The molecule has 1 atom stereocenters. The van der Waals surface area contributed by atoms with Gasteiger partial charge in [-0.1, -0.05) is 36.4 Å². The van der Waals surface area contributed by atoms with Gasteiger partial charge in [0.1, 0.15) is 5.75 Å². The van der Waals surface area contributed by atoms with Crippen molar-refractivity contribution in [3.63, 3.8) is 0 Å². The van der Waals surface area contributed by atoms with Crippen molar-refractivity contribution in [3.05, 3.63) is 58.4 Å². The van der Waals surface area contributed by atoms with Gasteiger partial charge in [0, 0.05) is 24.2 Å². The molecule has 2 aromatic carbocycles. The first-order chi connectivity index (χ1) is 15.8. The number of anilines is 2. The molecule has 0 fully saturated rings. The van der Waals surface area contributed by atoms with Gasteiger partial charge in [-0.3, -0.25) is 19.4 Å². The number of nitrogens with one attached hydrogen (secondary N) is 3. The second-order valence-corrected chi connectivity index (χ2v) is 8.47. The second-order valence-electron chi connectivity index (χ2n) is 7.27. The number of carbonyl (C=O) groups excluding carboxylic acids is 2. The Morgan fingerprint density at radius 1 is 1.15 bits per heavy atom. The Morgan fingerprint density at radius 3 is 2.61 bits per heavy atom. The SMILES string of the molecule is CCC(Sc1nnc(-c2cc(C)ccc2NC(C)=O)c(=O)[nH]1)C(=O)Nc1cccc(OC)c1. The van der Waals surface area contributed by atoms with E-state index in [2.05, 4.69) is 25.8 Å². The van der Waals surface area contributed by atoms with E-state index in [0.717, 1.165) is 17.3 Å². The fourth-order valence-corrected chi connectivity index (χ4v) is 3.93. The van der Waals surface area contributed by atoms with Crippen LogP contribution in [-0.2, 0) is 9.59 Å². The predicted molar refractivity (Wildman–Crippen MR) is 129 cm³/mol. The van der Waals surface area contributed by atoms with Gasteiger partial charge in [-0.05, 0) is 37.6 Å². The minimum atomic E-state index is -0.499. The monoisotopic (exact) mass is 467 g/mol. The lowest BCUT2D eigenvalue weighted by Crippen LogP contribution is -2.25. The van der Waals surface area contributed by atoms with Crippen LogP contribution >= 0.6 is 11.8 Å². The number of benzene rings is 2. The molecule has 3 aromatic rings. The van der Waals surface area contributed by atoms with E-state index in [0.29, 0.717) is 29.1 Å². The largest absolute Gasteiger partial charge is 0.497 e. The maximum absolute atomic E-state index is 12.8. The number of nitrogens with zero attached hydrogens (tertiary/aromatic N) is 2. The van der Waals surface area contributed by atoms with Crippen LogP contribution in [0, 0.1) is 6.92 Å². The number of aromatic amines is 1. The van der Waals surface area contributed by atoms with Crippen LogP contribution in [0.25, 0.3) is 11.3 Å². The van der Waals surface area contributed by atoms with Gasteiger partial charge in [-0.15, -0.1) is 10.2 Å². The number of aromatic nitrogens is 3. The number of amides is 2. The third-order valence-corrected chi connectivity index (χ3v) is 5.91. The van der Waals surface area contributed by atoms with Crippen molar-refractivity contribution in [2.75, 3.05) is 17.7 Å². The molecule has 0 spiro atoms. The first kappa shape index (κ1) is 24.0. The molecule has 1 heterocycles. The first-order valence-corrected chi connectivity index (χ1v) is 11.2. The Labute approximate surface area is 195 Å². The predicted octanol–water partition coefficient (Wildman–Crippen LogP) is 3.62. The summed E-state index contributed by atoms with van der Waals surface area (Å²) >= 11 is 1.12. The van der Waals surface area contributed by atoms with Crippen LogP contribution in [0.2, 0.25) is 0 Å². The molecule has 2 amide bonds. The third kappa shape index (κ3) is 6.19. The molecule has 10 heteroatoms. The van der Waals surface area contributed by atoms with Crippen LogP contribution in [0.1, 0.15) is 25.8 Å². The average Bonchev–Trinajstić information content (AvgIpc) is 2.78. The van der Waals surface area contributed by atoms with Crippen molar-refractivity contribution in [1.29, 1.82) is 0 Å². The van der Waals surface area contributed by atoms with Gasteiger partial charge in [0.25, 0.3) is 5.56 Å². The molecule has 0 aliphatic heterocycles. The van der Waals surface area contributed by atoms with E-state index in [9.17, 15) is 14.4 Å². The lowest BCUT2D eigenvalue weighted by atomic mass is 10.1. The molecular weight excluding hydrogens is 442 g/mol. The normalized spacial score (nSPS) is 11.5. The molecular formula is C23H25N5O4S. The van der Waals surface area contributed by atoms with Gasteiger partial charge in [0.15, 0.2) is 10.9 Å². The molecule has 9 nitrogen and oxygen atoms in total. The lowest BCUT2D eigenvalue weighted by molar-refractivity contribution is -0.116. The number of hydrogen-bond donors (Lipinski definition) is 3. The zero-order valence-corrected chi connectivity index (χ0v) is 19.6. The molecule has 33 heavy (non-hydrogen) atoms. The van der Waals surface area contributed by atoms with Gasteiger partial charge in [-0.2, -0.15) is 0 Å². The van der Waals surface area contributed by atoms with Crippen LogP contribution in [0.15, 0.2) is 52.4 Å². The summed E-state index contributed by atoms with van der Waals surface area (Å²) in [5.74, 6) is 0.146. The van der Waals surface area contributed by atoms with E-state index in [-0.39, 0.29) is 22.7 Å². The van der Waals surface area contributed by atoms with Crippen LogP contribution in [0.4, 0.5) is 11.4 Å². The van der Waals surface area contributed by atoms with Crippen molar-refractivity contribution >= 4 is 35.0 Å². The van der Waals surface area contributed by atoms with Gasteiger partial charge < -0.3 is 15.4 Å². The zero-order chi connectivity index (χ0) is 24.0. The summed E-state index contributed by atoms with van der Waals surface area (Å²) in [5.41, 5.74) is 2.07. The fourth-order valence-electron chi connectivity index (χ4n) is 3.08. The van der Waals surface area contributed by atoms with E-state index in [4.69, 9.17) is 4.74 Å². The molecule has 172 valence electrons. The Balaban J connectivity index is 1.80. The first-order valence-electron chi connectivity index (χ1n) is 10.3. The molecule has 1 unspecified atom stereocenters. The van der Waals surface area contributed by atoms with E-state index in [1.54, 1.807) is 43.5 Å². The van der Waals surface area contributed by atoms with Gasteiger partial charge >= 0.3 is 0 Å². The topological polar surface area (TPSA) is 126 Å². The van der Waals surface area contributed by atoms with Crippen LogP contribution in [0.3, 0.4) is 0 Å². The molecule has 3 rings (SSSR count). The standard InChI is InChI=1S/C23H25N5O4S/c1-5-19(21(30)25-15-7-6-8-16(12-15)32-4)33-23-26-22(31)20(27-28-23)17-11-13(2)9-10-18(17)24-14(3)29/h6-12,19H,5H2,1-4H3,(H,24,29)(H,25,30)(H,26,28,31). The van der Waals surface area contributed by atoms with E-state index in [1.807, 2.05) is 19.9 Å². The summed E-state index contributed by atoms with van der Waals surface area (Å²) in [6.07, 6.45) is 0.510. The Bertz CT molecular complexity index is 1230.